The van der Waals surface area contributed by atoms with Crippen molar-refractivity contribution in [3.63, 3.8) is 0 Å². The van der Waals surface area contributed by atoms with Crippen LogP contribution in [0.3, 0.4) is 0 Å². The molecular formula is C12H24N2O. The van der Waals surface area contributed by atoms with Crippen LogP contribution in [-0.4, -0.2) is 42.3 Å². The van der Waals surface area contributed by atoms with Gasteiger partial charge in [-0.15, -0.1) is 0 Å². The van der Waals surface area contributed by atoms with E-state index in [1.54, 1.807) is 0 Å². The van der Waals surface area contributed by atoms with Crippen molar-refractivity contribution in [1.82, 2.24) is 4.90 Å². The predicted molar refractivity (Wildman–Crippen MR) is 61.6 cm³/mol. The number of nitrogens with two attached hydrogens (primary N) is 1. The molecule has 0 aromatic rings. The fourth-order valence-corrected chi connectivity index (χ4v) is 2.63. The summed E-state index contributed by atoms with van der Waals surface area (Å²) in [5.74, 6) is 1.46. The lowest BCUT2D eigenvalue weighted by Crippen LogP contribution is -2.44. The third kappa shape index (κ3) is 3.44. The van der Waals surface area contributed by atoms with Gasteiger partial charge >= 0.3 is 0 Å². The molecule has 88 valence electrons. The van der Waals surface area contributed by atoms with Crippen LogP contribution >= 0.6 is 0 Å². The smallest absolute Gasteiger partial charge is 0.0592 e. The van der Waals surface area contributed by atoms with Crippen molar-refractivity contribution in [2.75, 3.05) is 26.2 Å². The molecule has 0 aromatic heterocycles. The molecule has 1 heterocycles. The molecule has 0 aromatic carbocycles. The van der Waals surface area contributed by atoms with Crippen LogP contribution < -0.4 is 5.73 Å². The highest BCUT2D eigenvalue weighted by molar-refractivity contribution is 4.85. The molecule has 3 heteroatoms. The van der Waals surface area contributed by atoms with E-state index in [1.165, 1.54) is 19.3 Å². The van der Waals surface area contributed by atoms with Gasteiger partial charge in [0.1, 0.15) is 0 Å². The summed E-state index contributed by atoms with van der Waals surface area (Å²) in [6.45, 7) is 4.05. The van der Waals surface area contributed by atoms with Crippen LogP contribution in [0.4, 0.5) is 0 Å². The Labute approximate surface area is 92.6 Å². The second-order valence-electron chi connectivity index (χ2n) is 5.24. The summed E-state index contributed by atoms with van der Waals surface area (Å²) in [5, 5.41) is 9.94. The van der Waals surface area contributed by atoms with Gasteiger partial charge in [0.25, 0.3) is 0 Å². The fourth-order valence-electron chi connectivity index (χ4n) is 2.63. The van der Waals surface area contributed by atoms with Crippen molar-refractivity contribution in [1.29, 1.82) is 0 Å². The molecule has 0 bridgehead atoms. The average molecular weight is 212 g/mol. The van der Waals surface area contributed by atoms with Gasteiger partial charge in [-0.25, -0.2) is 0 Å². The van der Waals surface area contributed by atoms with Crippen LogP contribution in [0.25, 0.3) is 0 Å². The molecule has 3 nitrogen and oxygen atoms in total. The van der Waals surface area contributed by atoms with Gasteiger partial charge < -0.3 is 15.7 Å². The number of hydrogen-bond acceptors (Lipinski definition) is 3. The van der Waals surface area contributed by atoms with Gasteiger partial charge in [0.15, 0.2) is 0 Å². The van der Waals surface area contributed by atoms with E-state index < -0.39 is 0 Å². The quantitative estimate of drug-likeness (QED) is 0.709. The van der Waals surface area contributed by atoms with Crippen molar-refractivity contribution in [3.8, 4) is 0 Å². The Kier molecular flexibility index (Phi) is 4.00. The summed E-state index contributed by atoms with van der Waals surface area (Å²) in [4.78, 5) is 2.48. The molecule has 0 amide bonds. The minimum Gasteiger partial charge on any atom is -0.393 e. The van der Waals surface area contributed by atoms with E-state index in [4.69, 9.17) is 5.73 Å². The highest BCUT2D eigenvalue weighted by Gasteiger charge is 2.32. The van der Waals surface area contributed by atoms with E-state index in [2.05, 4.69) is 4.90 Å². The molecule has 1 aliphatic heterocycles. The van der Waals surface area contributed by atoms with E-state index in [9.17, 15) is 5.11 Å². The highest BCUT2D eigenvalue weighted by Crippen LogP contribution is 2.37. The van der Waals surface area contributed by atoms with Crippen LogP contribution in [0.15, 0.2) is 0 Å². The Morgan fingerprint density at radius 3 is 2.73 bits per heavy atom. The lowest BCUT2D eigenvalue weighted by atomic mass is 9.90. The Bertz CT molecular complexity index is 192. The van der Waals surface area contributed by atoms with Crippen molar-refractivity contribution in [3.05, 3.63) is 0 Å². The van der Waals surface area contributed by atoms with Crippen LogP contribution in [0.5, 0.6) is 0 Å². The second-order valence-corrected chi connectivity index (χ2v) is 5.24. The molecule has 1 saturated carbocycles. The van der Waals surface area contributed by atoms with Crippen LogP contribution in [0.1, 0.15) is 32.1 Å². The zero-order valence-electron chi connectivity index (χ0n) is 9.57. The minimum absolute atomic E-state index is 0.0419. The maximum absolute atomic E-state index is 9.94. The van der Waals surface area contributed by atoms with E-state index >= 15 is 0 Å². The average Bonchev–Trinajstić information content (AvgIpc) is 3.03. The molecule has 2 fully saturated rings. The zero-order chi connectivity index (χ0) is 10.7. The Balaban J connectivity index is 1.75. The van der Waals surface area contributed by atoms with Gasteiger partial charge in [0.2, 0.25) is 0 Å². The Morgan fingerprint density at radius 2 is 2.07 bits per heavy atom. The largest absolute Gasteiger partial charge is 0.393 e. The van der Waals surface area contributed by atoms with Crippen molar-refractivity contribution in [2.24, 2.45) is 17.6 Å². The molecule has 1 aliphatic carbocycles. The molecule has 0 spiro atoms. The molecule has 1 saturated heterocycles. The first-order chi connectivity index (χ1) is 7.29. The van der Waals surface area contributed by atoms with Gasteiger partial charge in [-0.05, 0) is 44.2 Å². The van der Waals surface area contributed by atoms with E-state index in [0.29, 0.717) is 5.92 Å². The van der Waals surface area contributed by atoms with Gasteiger partial charge in [-0.2, -0.15) is 0 Å². The zero-order valence-corrected chi connectivity index (χ0v) is 9.57. The standard InChI is InChI=1S/C12H24N2O/c13-5-1-6-14-7-4-12(15)11(9-14)8-10-2-3-10/h10-12,15H,1-9,13H2/t11-,12+/m1/s1. The van der Waals surface area contributed by atoms with E-state index in [-0.39, 0.29) is 6.10 Å². The summed E-state index contributed by atoms with van der Waals surface area (Å²) in [7, 11) is 0. The lowest BCUT2D eigenvalue weighted by molar-refractivity contribution is 0.0204. The predicted octanol–water partition coefficient (Wildman–Crippen LogP) is 0.818. The van der Waals surface area contributed by atoms with Gasteiger partial charge in [-0.3, -0.25) is 0 Å². The number of piperidine rings is 1. The number of nitrogens with zero attached hydrogens (tertiary/aromatic N) is 1. The molecule has 0 unspecified atom stereocenters. The third-order valence-corrected chi connectivity index (χ3v) is 3.79. The first-order valence-corrected chi connectivity index (χ1v) is 6.40. The van der Waals surface area contributed by atoms with Crippen molar-refractivity contribution >= 4 is 0 Å². The number of hydrogen-bond donors (Lipinski definition) is 2. The highest BCUT2D eigenvalue weighted by atomic mass is 16.3. The van der Waals surface area contributed by atoms with Crippen molar-refractivity contribution in [2.45, 2.75) is 38.2 Å². The monoisotopic (exact) mass is 212 g/mol. The summed E-state index contributed by atoms with van der Waals surface area (Å²) >= 11 is 0. The first kappa shape index (κ1) is 11.4. The fraction of sp³-hybridized carbons (Fsp3) is 1.00. The molecule has 15 heavy (non-hydrogen) atoms. The normalized spacial score (nSPS) is 33.2. The maximum atomic E-state index is 9.94. The Morgan fingerprint density at radius 1 is 1.27 bits per heavy atom. The van der Waals surface area contributed by atoms with Gasteiger partial charge in [-0.1, -0.05) is 12.8 Å². The Hall–Kier alpha value is -0.120. The van der Waals surface area contributed by atoms with E-state index in [1.807, 2.05) is 0 Å². The summed E-state index contributed by atoms with van der Waals surface area (Å²) in [6, 6.07) is 0. The molecule has 3 N–H and O–H groups in total. The minimum atomic E-state index is -0.0419. The summed E-state index contributed by atoms with van der Waals surface area (Å²) in [5.41, 5.74) is 5.52. The first-order valence-electron chi connectivity index (χ1n) is 6.40. The van der Waals surface area contributed by atoms with Gasteiger partial charge in [0, 0.05) is 13.1 Å². The van der Waals surface area contributed by atoms with Crippen LogP contribution in [-0.2, 0) is 0 Å². The summed E-state index contributed by atoms with van der Waals surface area (Å²) in [6.07, 6.45) is 6.05. The number of aliphatic hydroxyl groups excluding tert-OH is 1. The van der Waals surface area contributed by atoms with Crippen molar-refractivity contribution < 1.29 is 5.11 Å². The topological polar surface area (TPSA) is 49.5 Å². The van der Waals surface area contributed by atoms with Gasteiger partial charge in [0.05, 0.1) is 6.10 Å². The van der Waals surface area contributed by atoms with Crippen LogP contribution in [0, 0.1) is 11.8 Å². The SMILES string of the molecule is NCCCN1CC[C@H](O)[C@H](CC2CC2)C1. The third-order valence-electron chi connectivity index (χ3n) is 3.79. The van der Waals surface area contributed by atoms with E-state index in [0.717, 1.165) is 44.9 Å². The molecule has 2 aliphatic rings. The molecule has 2 atom stereocenters. The second kappa shape index (κ2) is 5.28. The molecular weight excluding hydrogens is 188 g/mol. The molecule has 2 rings (SSSR count). The lowest BCUT2D eigenvalue weighted by Gasteiger charge is -2.36. The van der Waals surface area contributed by atoms with Crippen LogP contribution in [0.2, 0.25) is 0 Å². The number of rotatable bonds is 5. The number of likely N-dealkylation sites (tertiary alicyclic amines) is 1. The maximum Gasteiger partial charge on any atom is 0.0592 e. The number of aliphatic hydroxyl groups is 1. The molecule has 0 radical (unpaired) electrons. The summed E-state index contributed by atoms with van der Waals surface area (Å²) < 4.78 is 0.